The first kappa shape index (κ1) is 20.6. The van der Waals surface area contributed by atoms with Gasteiger partial charge in [0.15, 0.2) is 17.6 Å². The number of ether oxygens (including phenoxy) is 2. The van der Waals surface area contributed by atoms with Crippen LogP contribution in [0.2, 0.25) is 0 Å². The number of hydrogen-bond donors (Lipinski definition) is 1. The molecule has 6 nitrogen and oxygen atoms in total. The highest BCUT2D eigenvalue weighted by Gasteiger charge is 2.34. The lowest BCUT2D eigenvalue weighted by Crippen LogP contribution is -2.48. The van der Waals surface area contributed by atoms with Gasteiger partial charge in [-0.2, -0.15) is 13.2 Å². The molecule has 9 heteroatoms. The van der Waals surface area contributed by atoms with Crippen LogP contribution in [0, 0.1) is 5.92 Å². The number of nitrogens with zero attached hydrogens (tertiary/aromatic N) is 2. The maximum Gasteiger partial charge on any atom is 0.401 e. The van der Waals surface area contributed by atoms with Crippen LogP contribution in [-0.2, 0) is 0 Å². The lowest BCUT2D eigenvalue weighted by molar-refractivity contribution is -0.143. The van der Waals surface area contributed by atoms with Crippen LogP contribution in [0.25, 0.3) is 0 Å². The smallest absolute Gasteiger partial charge is 0.401 e. The van der Waals surface area contributed by atoms with Crippen LogP contribution >= 0.6 is 0 Å². The van der Waals surface area contributed by atoms with Gasteiger partial charge in [-0.3, -0.25) is 4.90 Å². The Bertz CT molecular complexity index is 671. The van der Waals surface area contributed by atoms with Gasteiger partial charge in [0.1, 0.15) is 6.61 Å². The van der Waals surface area contributed by atoms with Crippen molar-refractivity contribution < 1.29 is 27.4 Å². The monoisotopic (exact) mass is 401 g/mol. The first-order valence-electron chi connectivity index (χ1n) is 9.54. The van der Waals surface area contributed by atoms with Crippen LogP contribution in [0.4, 0.5) is 18.0 Å². The number of carbonyl (C=O) groups is 1. The van der Waals surface area contributed by atoms with Gasteiger partial charge < -0.3 is 19.7 Å². The van der Waals surface area contributed by atoms with Crippen molar-refractivity contribution in [1.82, 2.24) is 15.1 Å². The number of rotatable bonds is 6. The zero-order valence-electron chi connectivity index (χ0n) is 15.9. The minimum atomic E-state index is -4.18. The Morgan fingerprint density at radius 2 is 2.07 bits per heavy atom. The average molecular weight is 401 g/mol. The van der Waals surface area contributed by atoms with Crippen molar-refractivity contribution in [2.24, 2.45) is 5.92 Å². The van der Waals surface area contributed by atoms with Gasteiger partial charge in [0.05, 0.1) is 13.1 Å². The van der Waals surface area contributed by atoms with Crippen molar-refractivity contribution in [3.05, 3.63) is 24.3 Å². The fourth-order valence-electron chi connectivity index (χ4n) is 3.57. The molecular weight excluding hydrogens is 375 g/mol. The van der Waals surface area contributed by atoms with E-state index in [9.17, 15) is 18.0 Å². The van der Waals surface area contributed by atoms with E-state index in [1.165, 1.54) is 4.90 Å². The summed E-state index contributed by atoms with van der Waals surface area (Å²) in [7, 11) is 0. The fourth-order valence-corrected chi connectivity index (χ4v) is 3.57. The van der Waals surface area contributed by atoms with E-state index in [1.807, 2.05) is 31.2 Å². The Morgan fingerprint density at radius 3 is 2.79 bits per heavy atom. The molecule has 28 heavy (non-hydrogen) atoms. The van der Waals surface area contributed by atoms with Crippen molar-refractivity contribution in [1.29, 1.82) is 0 Å². The summed E-state index contributed by atoms with van der Waals surface area (Å²) in [6, 6.07) is 7.15. The molecule has 3 rings (SSSR count). The van der Waals surface area contributed by atoms with Crippen LogP contribution < -0.4 is 14.8 Å². The molecule has 1 N–H and O–H groups in total. The number of likely N-dealkylation sites (N-methyl/N-ethyl adjacent to an activating group) is 1. The molecular formula is C19H26F3N3O3. The number of alkyl halides is 3. The maximum absolute atomic E-state index is 12.5. The van der Waals surface area contributed by atoms with E-state index in [4.69, 9.17) is 9.47 Å². The molecule has 0 saturated carbocycles. The molecule has 1 saturated heterocycles. The highest BCUT2D eigenvalue weighted by atomic mass is 19.4. The molecule has 0 spiro atoms. The summed E-state index contributed by atoms with van der Waals surface area (Å²) in [5, 5.41) is 2.85. The highest BCUT2D eigenvalue weighted by Crippen LogP contribution is 2.31. The minimum Gasteiger partial charge on any atom is -0.486 e. The molecule has 2 aliphatic heterocycles. The van der Waals surface area contributed by atoms with Gasteiger partial charge in [-0.05, 0) is 37.9 Å². The van der Waals surface area contributed by atoms with E-state index < -0.39 is 12.7 Å². The molecule has 0 radical (unpaired) electrons. The van der Waals surface area contributed by atoms with Crippen molar-refractivity contribution in [3.63, 3.8) is 0 Å². The molecule has 0 aromatic heterocycles. The van der Waals surface area contributed by atoms with E-state index in [0.29, 0.717) is 57.3 Å². The number of nitrogens with one attached hydrogen (secondary N) is 1. The second-order valence-electron chi connectivity index (χ2n) is 7.23. The van der Waals surface area contributed by atoms with E-state index in [-0.39, 0.29) is 18.1 Å². The van der Waals surface area contributed by atoms with Gasteiger partial charge >= 0.3 is 12.2 Å². The van der Waals surface area contributed by atoms with Crippen molar-refractivity contribution >= 4 is 6.03 Å². The minimum absolute atomic E-state index is 0.0335. The third kappa shape index (κ3) is 5.67. The van der Waals surface area contributed by atoms with E-state index in [2.05, 4.69) is 5.32 Å². The van der Waals surface area contributed by atoms with Gasteiger partial charge in [-0.25, -0.2) is 4.79 Å². The second-order valence-corrected chi connectivity index (χ2v) is 7.23. The van der Waals surface area contributed by atoms with Crippen LogP contribution in [0.5, 0.6) is 11.5 Å². The first-order chi connectivity index (χ1) is 13.3. The predicted octanol–water partition coefficient (Wildman–Crippen LogP) is 2.74. The molecule has 0 bridgehead atoms. The summed E-state index contributed by atoms with van der Waals surface area (Å²) < 4.78 is 49.0. The Morgan fingerprint density at radius 1 is 1.32 bits per heavy atom. The lowest BCUT2D eigenvalue weighted by atomic mass is 10.1. The lowest BCUT2D eigenvalue weighted by Gasteiger charge is -2.31. The number of carbonyl (C=O) groups excluding carboxylic acids is 1. The SMILES string of the molecule is CCN(CC1COc2ccccc2O1)C(=O)NCC1CCN(CC(F)(F)F)C1. The Balaban J connectivity index is 1.43. The third-order valence-corrected chi connectivity index (χ3v) is 4.98. The molecule has 2 unspecified atom stereocenters. The summed E-state index contributed by atoms with van der Waals surface area (Å²) in [4.78, 5) is 15.5. The Labute approximate surface area is 162 Å². The standard InChI is InChI=1S/C19H26F3N3O3/c1-2-25(11-15-12-27-16-5-3-4-6-17(16)28-15)18(26)23-9-14-7-8-24(10-14)13-19(20,21)22/h3-6,14-15H,2,7-13H2,1H3,(H,23,26). The molecule has 1 fully saturated rings. The largest absolute Gasteiger partial charge is 0.486 e. The molecule has 2 aliphatic rings. The van der Waals surface area contributed by atoms with Gasteiger partial charge in [0.2, 0.25) is 0 Å². The van der Waals surface area contributed by atoms with Crippen molar-refractivity contribution in [2.45, 2.75) is 25.6 Å². The number of halogens is 3. The number of fused-ring (bicyclic) bond motifs is 1. The second kappa shape index (κ2) is 8.89. The number of benzene rings is 1. The molecule has 2 amide bonds. The summed E-state index contributed by atoms with van der Waals surface area (Å²) in [6.45, 7) is 3.34. The zero-order valence-corrected chi connectivity index (χ0v) is 15.9. The summed E-state index contributed by atoms with van der Waals surface area (Å²) in [5.74, 6) is 1.38. The van der Waals surface area contributed by atoms with Gasteiger partial charge in [-0.15, -0.1) is 0 Å². The average Bonchev–Trinajstić information content (AvgIpc) is 3.09. The first-order valence-corrected chi connectivity index (χ1v) is 9.54. The molecule has 2 atom stereocenters. The van der Waals surface area contributed by atoms with E-state index >= 15 is 0 Å². The van der Waals surface area contributed by atoms with Gasteiger partial charge in [-0.1, -0.05) is 12.1 Å². The predicted molar refractivity (Wildman–Crippen MR) is 97.6 cm³/mol. The summed E-state index contributed by atoms with van der Waals surface area (Å²) in [5.41, 5.74) is 0. The Kier molecular flexibility index (Phi) is 6.53. The normalized spacial score (nSPS) is 22.1. The van der Waals surface area contributed by atoms with Crippen LogP contribution in [0.3, 0.4) is 0 Å². The topological polar surface area (TPSA) is 54.0 Å². The number of likely N-dealkylation sites (tertiary alicyclic amines) is 1. The third-order valence-electron chi connectivity index (χ3n) is 4.98. The fraction of sp³-hybridized carbons (Fsp3) is 0.632. The maximum atomic E-state index is 12.5. The molecule has 0 aliphatic carbocycles. The molecule has 1 aromatic rings. The molecule has 156 valence electrons. The molecule has 1 aromatic carbocycles. The number of urea groups is 1. The van der Waals surface area contributed by atoms with Crippen LogP contribution in [0.1, 0.15) is 13.3 Å². The van der Waals surface area contributed by atoms with E-state index in [0.717, 1.165) is 0 Å². The summed E-state index contributed by atoms with van der Waals surface area (Å²) >= 11 is 0. The van der Waals surface area contributed by atoms with Crippen LogP contribution in [0.15, 0.2) is 24.3 Å². The van der Waals surface area contributed by atoms with Crippen molar-refractivity contribution in [3.8, 4) is 11.5 Å². The van der Waals surface area contributed by atoms with E-state index in [1.54, 1.807) is 4.90 Å². The summed E-state index contributed by atoms with van der Waals surface area (Å²) in [6.07, 6.45) is -3.80. The Hall–Kier alpha value is -2.16. The molecule has 2 heterocycles. The van der Waals surface area contributed by atoms with Crippen molar-refractivity contribution in [2.75, 3.05) is 45.9 Å². The number of hydrogen-bond acceptors (Lipinski definition) is 4. The van der Waals surface area contributed by atoms with Gasteiger partial charge in [0, 0.05) is 19.6 Å². The van der Waals surface area contributed by atoms with Gasteiger partial charge in [0.25, 0.3) is 0 Å². The number of para-hydroxylation sites is 2. The highest BCUT2D eigenvalue weighted by molar-refractivity contribution is 5.74. The number of amides is 2. The quantitative estimate of drug-likeness (QED) is 0.797. The van der Waals surface area contributed by atoms with Crippen LogP contribution in [-0.4, -0.2) is 74.0 Å². The zero-order chi connectivity index (χ0) is 20.1.